The van der Waals surface area contributed by atoms with E-state index in [0.29, 0.717) is 11.4 Å². The standard InChI is InChI=1S/C19H19N5O3/c1-23(13-18(25)20-14-7-6-10-16(11-14)27-2)19(26)17-12-24(22-21-17)15-8-4-3-5-9-15/h3-12H,13H2,1-2H3,(H,20,25). The summed E-state index contributed by atoms with van der Waals surface area (Å²) in [7, 11) is 3.09. The third-order valence-corrected chi connectivity index (χ3v) is 3.81. The number of anilines is 1. The van der Waals surface area contributed by atoms with E-state index < -0.39 is 5.91 Å². The first-order chi connectivity index (χ1) is 13.1. The summed E-state index contributed by atoms with van der Waals surface area (Å²) in [6.45, 7) is -0.117. The van der Waals surface area contributed by atoms with Crippen LogP contribution in [0.4, 0.5) is 5.69 Å². The molecule has 0 aliphatic carbocycles. The summed E-state index contributed by atoms with van der Waals surface area (Å²) in [5.74, 6) is -0.0812. The van der Waals surface area contributed by atoms with Crippen molar-refractivity contribution < 1.29 is 14.3 Å². The molecule has 2 amide bonds. The number of nitrogens with one attached hydrogen (secondary N) is 1. The lowest BCUT2D eigenvalue weighted by molar-refractivity contribution is -0.116. The van der Waals surface area contributed by atoms with Crippen molar-refractivity contribution in [1.82, 2.24) is 19.9 Å². The number of rotatable bonds is 6. The van der Waals surface area contributed by atoms with Crippen LogP contribution in [0.3, 0.4) is 0 Å². The number of para-hydroxylation sites is 1. The Morgan fingerprint density at radius 1 is 1.15 bits per heavy atom. The molecule has 3 aromatic rings. The molecule has 0 atom stereocenters. The number of ether oxygens (including phenoxy) is 1. The van der Waals surface area contributed by atoms with Crippen LogP contribution in [0, 0.1) is 0 Å². The molecule has 0 spiro atoms. The van der Waals surface area contributed by atoms with Gasteiger partial charge in [0.1, 0.15) is 5.75 Å². The van der Waals surface area contributed by atoms with Gasteiger partial charge < -0.3 is 15.0 Å². The molecular weight excluding hydrogens is 346 g/mol. The van der Waals surface area contributed by atoms with Crippen molar-refractivity contribution in [2.45, 2.75) is 0 Å². The summed E-state index contributed by atoms with van der Waals surface area (Å²) in [5.41, 5.74) is 1.55. The fourth-order valence-electron chi connectivity index (χ4n) is 2.45. The van der Waals surface area contributed by atoms with Crippen LogP contribution in [-0.2, 0) is 4.79 Å². The number of likely N-dealkylation sites (N-methyl/N-ethyl adjacent to an activating group) is 1. The van der Waals surface area contributed by atoms with Gasteiger partial charge in [0.2, 0.25) is 5.91 Å². The maximum absolute atomic E-state index is 12.5. The van der Waals surface area contributed by atoms with E-state index in [1.165, 1.54) is 22.8 Å². The summed E-state index contributed by atoms with van der Waals surface area (Å²) in [6, 6.07) is 16.3. The number of carbonyl (C=O) groups is 2. The Labute approximate surface area is 156 Å². The van der Waals surface area contributed by atoms with E-state index >= 15 is 0 Å². The van der Waals surface area contributed by atoms with Crippen LogP contribution in [-0.4, -0.2) is 52.4 Å². The van der Waals surface area contributed by atoms with Gasteiger partial charge in [-0.3, -0.25) is 9.59 Å². The molecule has 0 unspecified atom stereocenters. The zero-order valence-corrected chi connectivity index (χ0v) is 15.0. The Kier molecular flexibility index (Phi) is 5.46. The van der Waals surface area contributed by atoms with E-state index in [-0.39, 0.29) is 18.1 Å². The highest BCUT2D eigenvalue weighted by atomic mass is 16.5. The monoisotopic (exact) mass is 365 g/mol. The molecule has 2 aromatic carbocycles. The first-order valence-electron chi connectivity index (χ1n) is 8.24. The SMILES string of the molecule is COc1cccc(NC(=O)CN(C)C(=O)c2cn(-c3ccccc3)nn2)c1. The molecule has 0 radical (unpaired) electrons. The second-order valence-corrected chi connectivity index (χ2v) is 5.83. The molecule has 1 aromatic heterocycles. The van der Waals surface area contributed by atoms with Crippen LogP contribution < -0.4 is 10.1 Å². The van der Waals surface area contributed by atoms with Crippen LogP contribution in [0.2, 0.25) is 0 Å². The van der Waals surface area contributed by atoms with Crippen molar-refractivity contribution in [3.8, 4) is 11.4 Å². The van der Waals surface area contributed by atoms with Gasteiger partial charge in [0.05, 0.1) is 25.5 Å². The van der Waals surface area contributed by atoms with Gasteiger partial charge in [-0.25, -0.2) is 4.68 Å². The lowest BCUT2D eigenvalue weighted by Crippen LogP contribution is -2.35. The van der Waals surface area contributed by atoms with Gasteiger partial charge in [0, 0.05) is 18.8 Å². The van der Waals surface area contributed by atoms with E-state index in [1.807, 2.05) is 30.3 Å². The Balaban J connectivity index is 1.62. The molecule has 8 heteroatoms. The molecule has 138 valence electrons. The van der Waals surface area contributed by atoms with Gasteiger partial charge in [0.25, 0.3) is 5.91 Å². The number of methoxy groups -OCH3 is 1. The molecule has 0 bridgehead atoms. The van der Waals surface area contributed by atoms with Crippen LogP contribution in [0.25, 0.3) is 5.69 Å². The van der Waals surface area contributed by atoms with Crippen molar-refractivity contribution in [1.29, 1.82) is 0 Å². The fourth-order valence-corrected chi connectivity index (χ4v) is 2.45. The molecule has 27 heavy (non-hydrogen) atoms. The van der Waals surface area contributed by atoms with Crippen molar-refractivity contribution >= 4 is 17.5 Å². The van der Waals surface area contributed by atoms with E-state index in [0.717, 1.165) is 5.69 Å². The van der Waals surface area contributed by atoms with Gasteiger partial charge in [-0.1, -0.05) is 29.5 Å². The summed E-state index contributed by atoms with van der Waals surface area (Å²) < 4.78 is 6.63. The quantitative estimate of drug-likeness (QED) is 0.722. The predicted octanol–water partition coefficient (Wildman–Crippen LogP) is 1.99. The van der Waals surface area contributed by atoms with E-state index in [9.17, 15) is 9.59 Å². The lowest BCUT2D eigenvalue weighted by atomic mass is 10.3. The number of amides is 2. The minimum Gasteiger partial charge on any atom is -0.497 e. The van der Waals surface area contributed by atoms with Crippen LogP contribution in [0.5, 0.6) is 5.75 Å². The first kappa shape index (κ1) is 18.1. The zero-order valence-electron chi connectivity index (χ0n) is 15.0. The molecule has 8 nitrogen and oxygen atoms in total. The van der Waals surface area contributed by atoms with E-state index in [2.05, 4.69) is 15.6 Å². The summed E-state index contributed by atoms with van der Waals surface area (Å²) in [4.78, 5) is 26.0. The second kappa shape index (κ2) is 8.13. The first-order valence-corrected chi connectivity index (χ1v) is 8.24. The topological polar surface area (TPSA) is 89.4 Å². The molecule has 0 aliphatic heterocycles. The van der Waals surface area contributed by atoms with Crippen LogP contribution >= 0.6 is 0 Å². The van der Waals surface area contributed by atoms with E-state index in [4.69, 9.17) is 4.74 Å². The Morgan fingerprint density at radius 3 is 2.67 bits per heavy atom. The average molecular weight is 365 g/mol. The molecule has 3 rings (SSSR count). The number of hydrogen-bond acceptors (Lipinski definition) is 5. The molecule has 1 heterocycles. The fraction of sp³-hybridized carbons (Fsp3) is 0.158. The molecular formula is C19H19N5O3. The maximum atomic E-state index is 12.5. The number of benzene rings is 2. The number of nitrogens with zero attached hydrogens (tertiary/aromatic N) is 4. The van der Waals surface area contributed by atoms with Gasteiger partial charge in [-0.05, 0) is 24.3 Å². The third kappa shape index (κ3) is 4.49. The lowest BCUT2D eigenvalue weighted by Gasteiger charge is -2.15. The van der Waals surface area contributed by atoms with Crippen molar-refractivity contribution in [3.05, 3.63) is 66.5 Å². The zero-order chi connectivity index (χ0) is 19.2. The average Bonchev–Trinajstić information content (AvgIpc) is 3.18. The predicted molar refractivity (Wildman–Crippen MR) is 99.9 cm³/mol. The van der Waals surface area contributed by atoms with Crippen molar-refractivity contribution in [3.63, 3.8) is 0 Å². The van der Waals surface area contributed by atoms with Gasteiger partial charge in [-0.15, -0.1) is 5.10 Å². The van der Waals surface area contributed by atoms with Crippen LogP contribution in [0.1, 0.15) is 10.5 Å². The minimum absolute atomic E-state index is 0.117. The molecule has 1 N–H and O–H groups in total. The summed E-state index contributed by atoms with van der Waals surface area (Å²) >= 11 is 0. The molecule has 0 saturated carbocycles. The highest BCUT2D eigenvalue weighted by Crippen LogP contribution is 2.16. The van der Waals surface area contributed by atoms with Crippen molar-refractivity contribution in [2.24, 2.45) is 0 Å². The minimum atomic E-state index is -0.391. The molecule has 0 fully saturated rings. The van der Waals surface area contributed by atoms with Crippen molar-refractivity contribution in [2.75, 3.05) is 26.0 Å². The molecule has 0 aliphatic rings. The number of hydrogen-bond donors (Lipinski definition) is 1. The second-order valence-electron chi connectivity index (χ2n) is 5.83. The Bertz CT molecular complexity index is 939. The normalized spacial score (nSPS) is 10.3. The Morgan fingerprint density at radius 2 is 1.93 bits per heavy atom. The van der Waals surface area contributed by atoms with Gasteiger partial charge in [-0.2, -0.15) is 0 Å². The highest BCUT2D eigenvalue weighted by Gasteiger charge is 2.18. The summed E-state index contributed by atoms with van der Waals surface area (Å²) in [5, 5.41) is 10.6. The highest BCUT2D eigenvalue weighted by molar-refractivity contribution is 5.98. The summed E-state index contributed by atoms with van der Waals surface area (Å²) in [6.07, 6.45) is 1.54. The number of carbonyl (C=O) groups excluding carboxylic acids is 2. The Hall–Kier alpha value is -3.68. The van der Waals surface area contributed by atoms with Crippen LogP contribution in [0.15, 0.2) is 60.8 Å². The largest absolute Gasteiger partial charge is 0.497 e. The third-order valence-electron chi connectivity index (χ3n) is 3.81. The molecule has 0 saturated heterocycles. The smallest absolute Gasteiger partial charge is 0.276 e. The van der Waals surface area contributed by atoms with E-state index in [1.54, 1.807) is 31.4 Å². The van der Waals surface area contributed by atoms with Gasteiger partial charge in [0.15, 0.2) is 5.69 Å². The maximum Gasteiger partial charge on any atom is 0.276 e. The number of aromatic nitrogens is 3. The van der Waals surface area contributed by atoms with Gasteiger partial charge >= 0.3 is 0 Å².